The van der Waals surface area contributed by atoms with Gasteiger partial charge in [-0.1, -0.05) is 23.7 Å². The molecular formula is C15H17ClN2O2. The minimum atomic E-state index is -0.0629. The molecule has 5 heteroatoms. The molecule has 0 aliphatic carbocycles. The molecule has 2 aromatic rings. The number of aliphatic hydroxyl groups is 1. The molecular weight excluding hydrogens is 276 g/mol. The Morgan fingerprint density at radius 3 is 2.75 bits per heavy atom. The fraction of sp³-hybridized carbons (Fsp3) is 0.267. The molecule has 1 aromatic carbocycles. The topological polar surface area (TPSA) is 45.6 Å². The average molecular weight is 293 g/mol. The van der Waals surface area contributed by atoms with Crippen molar-refractivity contribution in [1.82, 2.24) is 4.98 Å². The molecule has 0 atom stereocenters. The summed E-state index contributed by atoms with van der Waals surface area (Å²) in [7, 11) is 3.57. The molecule has 0 unspecified atom stereocenters. The summed E-state index contributed by atoms with van der Waals surface area (Å²) in [6.45, 7) is 0.606. The summed E-state index contributed by atoms with van der Waals surface area (Å²) < 4.78 is 5.21. The summed E-state index contributed by atoms with van der Waals surface area (Å²) in [5.74, 6) is 1.51. The first kappa shape index (κ1) is 14.6. The predicted octanol–water partition coefficient (Wildman–Crippen LogP) is 2.87. The van der Waals surface area contributed by atoms with Crippen molar-refractivity contribution in [1.29, 1.82) is 0 Å². The van der Waals surface area contributed by atoms with E-state index in [0.29, 0.717) is 22.9 Å². The maximum Gasteiger partial charge on any atom is 0.147 e. The van der Waals surface area contributed by atoms with Gasteiger partial charge in [-0.05, 0) is 29.3 Å². The number of pyridine rings is 1. The Balaban J connectivity index is 2.16. The van der Waals surface area contributed by atoms with Crippen LogP contribution in [0.25, 0.3) is 0 Å². The summed E-state index contributed by atoms with van der Waals surface area (Å²) in [4.78, 5) is 6.25. The number of halogens is 1. The van der Waals surface area contributed by atoms with Crippen LogP contribution >= 0.6 is 11.6 Å². The Bertz CT molecular complexity index is 590. The second kappa shape index (κ2) is 6.59. The molecule has 0 bridgehead atoms. The number of aliphatic hydroxyl groups excluding tert-OH is 1. The molecule has 0 amide bonds. The fourth-order valence-corrected chi connectivity index (χ4v) is 2.29. The van der Waals surface area contributed by atoms with E-state index in [1.165, 1.54) is 0 Å². The van der Waals surface area contributed by atoms with Crippen molar-refractivity contribution >= 4 is 17.4 Å². The zero-order valence-corrected chi connectivity index (χ0v) is 12.3. The van der Waals surface area contributed by atoms with Crippen molar-refractivity contribution < 1.29 is 9.84 Å². The Morgan fingerprint density at radius 1 is 1.30 bits per heavy atom. The van der Waals surface area contributed by atoms with Crippen LogP contribution in [0, 0.1) is 0 Å². The van der Waals surface area contributed by atoms with Gasteiger partial charge in [-0.25, -0.2) is 4.98 Å². The first-order chi connectivity index (χ1) is 9.63. The lowest BCUT2D eigenvalue weighted by Crippen LogP contribution is -2.18. The lowest BCUT2D eigenvalue weighted by molar-refractivity contribution is 0.281. The molecule has 4 nitrogen and oxygen atoms in total. The number of anilines is 1. The van der Waals surface area contributed by atoms with E-state index < -0.39 is 0 Å². The van der Waals surface area contributed by atoms with Gasteiger partial charge in [-0.15, -0.1) is 0 Å². The maximum atomic E-state index is 9.06. The molecule has 20 heavy (non-hydrogen) atoms. The van der Waals surface area contributed by atoms with Crippen molar-refractivity contribution in [3.63, 3.8) is 0 Å². The van der Waals surface area contributed by atoms with E-state index in [0.717, 1.165) is 11.3 Å². The number of hydrogen-bond donors (Lipinski definition) is 1. The first-order valence-corrected chi connectivity index (χ1v) is 6.61. The van der Waals surface area contributed by atoms with Crippen LogP contribution in [-0.4, -0.2) is 24.2 Å². The number of aromatic nitrogens is 1. The van der Waals surface area contributed by atoms with Crippen molar-refractivity contribution in [2.75, 3.05) is 19.1 Å². The van der Waals surface area contributed by atoms with E-state index in [4.69, 9.17) is 21.4 Å². The monoisotopic (exact) mass is 292 g/mol. The molecule has 106 valence electrons. The second-order valence-corrected chi connectivity index (χ2v) is 4.92. The van der Waals surface area contributed by atoms with Crippen molar-refractivity contribution in [3.05, 3.63) is 52.7 Å². The van der Waals surface area contributed by atoms with E-state index in [2.05, 4.69) is 4.98 Å². The zero-order valence-electron chi connectivity index (χ0n) is 11.5. The second-order valence-electron chi connectivity index (χ2n) is 4.51. The van der Waals surface area contributed by atoms with Crippen LogP contribution in [0.2, 0.25) is 5.02 Å². The average Bonchev–Trinajstić information content (AvgIpc) is 2.47. The molecule has 0 saturated heterocycles. The maximum absolute atomic E-state index is 9.06. The Hall–Kier alpha value is -1.78. The summed E-state index contributed by atoms with van der Waals surface area (Å²) in [5, 5.41) is 9.59. The third-order valence-electron chi connectivity index (χ3n) is 2.98. The highest BCUT2D eigenvalue weighted by atomic mass is 35.5. The number of methoxy groups -OCH3 is 1. The quantitative estimate of drug-likeness (QED) is 0.920. The standard InChI is InChI=1S/C15H17ClN2O2/c1-18(9-11-4-3-5-13(6-11)20-2)15-14(16)7-12(10-19)8-17-15/h3-8,19H,9-10H2,1-2H3. The number of rotatable bonds is 5. The van der Waals surface area contributed by atoms with Crippen LogP contribution in [0.4, 0.5) is 5.82 Å². The molecule has 0 fully saturated rings. The molecule has 0 aliphatic rings. The van der Waals surface area contributed by atoms with E-state index >= 15 is 0 Å². The van der Waals surface area contributed by atoms with Crippen LogP contribution in [-0.2, 0) is 13.2 Å². The minimum absolute atomic E-state index is 0.0629. The van der Waals surface area contributed by atoms with E-state index in [1.807, 2.05) is 36.2 Å². The minimum Gasteiger partial charge on any atom is -0.497 e. The van der Waals surface area contributed by atoms with Gasteiger partial charge in [0.1, 0.15) is 11.6 Å². The highest BCUT2D eigenvalue weighted by Gasteiger charge is 2.09. The van der Waals surface area contributed by atoms with Gasteiger partial charge in [0.05, 0.1) is 18.7 Å². The Morgan fingerprint density at radius 2 is 2.10 bits per heavy atom. The highest BCUT2D eigenvalue weighted by molar-refractivity contribution is 6.33. The van der Waals surface area contributed by atoms with Gasteiger partial charge in [0.2, 0.25) is 0 Å². The largest absolute Gasteiger partial charge is 0.497 e. The summed E-state index contributed by atoms with van der Waals surface area (Å²) >= 11 is 6.19. The molecule has 1 N–H and O–H groups in total. The van der Waals surface area contributed by atoms with Crippen molar-refractivity contribution in [2.45, 2.75) is 13.2 Å². The van der Waals surface area contributed by atoms with Gasteiger partial charge in [0.15, 0.2) is 0 Å². The normalized spacial score (nSPS) is 10.4. The lowest BCUT2D eigenvalue weighted by atomic mass is 10.2. The number of ether oxygens (including phenoxy) is 1. The number of nitrogens with zero attached hydrogens (tertiary/aromatic N) is 2. The van der Waals surface area contributed by atoms with Crippen LogP contribution in [0.3, 0.4) is 0 Å². The Labute approximate surface area is 123 Å². The molecule has 2 rings (SSSR count). The molecule has 0 spiro atoms. The van der Waals surface area contributed by atoms with Crippen LogP contribution < -0.4 is 9.64 Å². The summed E-state index contributed by atoms with van der Waals surface area (Å²) in [6.07, 6.45) is 1.63. The van der Waals surface area contributed by atoms with E-state index in [1.54, 1.807) is 19.4 Å². The summed E-state index contributed by atoms with van der Waals surface area (Å²) in [6, 6.07) is 9.59. The van der Waals surface area contributed by atoms with Crippen LogP contribution in [0.1, 0.15) is 11.1 Å². The van der Waals surface area contributed by atoms with Gasteiger partial charge in [0, 0.05) is 19.8 Å². The molecule has 0 saturated carbocycles. The Kier molecular flexibility index (Phi) is 4.82. The lowest BCUT2D eigenvalue weighted by Gasteiger charge is -2.20. The molecule has 0 aliphatic heterocycles. The number of benzene rings is 1. The van der Waals surface area contributed by atoms with Crippen LogP contribution in [0.5, 0.6) is 5.75 Å². The van der Waals surface area contributed by atoms with Crippen molar-refractivity contribution in [2.24, 2.45) is 0 Å². The molecule has 1 heterocycles. The van der Waals surface area contributed by atoms with Gasteiger partial charge >= 0.3 is 0 Å². The smallest absolute Gasteiger partial charge is 0.147 e. The van der Waals surface area contributed by atoms with Gasteiger partial charge in [-0.3, -0.25) is 0 Å². The third kappa shape index (κ3) is 3.40. The third-order valence-corrected chi connectivity index (χ3v) is 3.25. The highest BCUT2D eigenvalue weighted by Crippen LogP contribution is 2.25. The van der Waals surface area contributed by atoms with E-state index in [9.17, 15) is 0 Å². The fourth-order valence-electron chi connectivity index (χ4n) is 1.96. The SMILES string of the molecule is COc1cccc(CN(C)c2ncc(CO)cc2Cl)c1. The van der Waals surface area contributed by atoms with Gasteiger partial charge < -0.3 is 14.7 Å². The summed E-state index contributed by atoms with van der Waals surface area (Å²) in [5.41, 5.74) is 1.81. The molecule has 1 aromatic heterocycles. The first-order valence-electron chi connectivity index (χ1n) is 6.23. The van der Waals surface area contributed by atoms with Crippen LogP contribution in [0.15, 0.2) is 36.5 Å². The van der Waals surface area contributed by atoms with Gasteiger partial charge in [-0.2, -0.15) is 0 Å². The zero-order chi connectivity index (χ0) is 14.5. The van der Waals surface area contributed by atoms with E-state index in [-0.39, 0.29) is 6.61 Å². The number of hydrogen-bond acceptors (Lipinski definition) is 4. The van der Waals surface area contributed by atoms with Crippen molar-refractivity contribution in [3.8, 4) is 5.75 Å². The molecule has 0 radical (unpaired) electrons. The predicted molar refractivity (Wildman–Crippen MR) is 80.3 cm³/mol. The van der Waals surface area contributed by atoms with Gasteiger partial charge in [0.25, 0.3) is 0 Å².